The molecule has 1 aromatic rings. The van der Waals surface area contributed by atoms with Gasteiger partial charge in [0.1, 0.15) is 28.4 Å². The highest BCUT2D eigenvalue weighted by Gasteiger charge is 2.43. The summed E-state index contributed by atoms with van der Waals surface area (Å²) < 4.78 is 6.06. The summed E-state index contributed by atoms with van der Waals surface area (Å²) in [7, 11) is 0. The number of ketones is 1. The molecule has 0 bridgehead atoms. The summed E-state index contributed by atoms with van der Waals surface area (Å²) in [4.78, 5) is 12.6. The number of rotatable bonds is 5. The topological polar surface area (TPSA) is 87.0 Å². The smallest absolute Gasteiger partial charge is 0.172 e. The van der Waals surface area contributed by atoms with E-state index in [4.69, 9.17) is 4.74 Å². The number of hydrogen-bond donors (Lipinski definition) is 3. The zero-order chi connectivity index (χ0) is 18.9. The van der Waals surface area contributed by atoms with Crippen LogP contribution >= 0.6 is 0 Å². The Morgan fingerprint density at radius 1 is 1.36 bits per heavy atom. The molecule has 0 spiro atoms. The second-order valence-corrected chi connectivity index (χ2v) is 7.57. The van der Waals surface area contributed by atoms with E-state index < -0.39 is 11.7 Å². The van der Waals surface area contributed by atoms with Crippen molar-refractivity contribution >= 4 is 5.78 Å². The van der Waals surface area contributed by atoms with Gasteiger partial charge in [0.25, 0.3) is 0 Å². The minimum atomic E-state index is -0.898. The molecule has 5 heteroatoms. The summed E-state index contributed by atoms with van der Waals surface area (Å²) in [6, 6.07) is 1.15. The molecule has 0 fully saturated rings. The van der Waals surface area contributed by atoms with E-state index in [0.717, 1.165) is 12.5 Å². The average Bonchev–Trinajstić information content (AvgIpc) is 2.49. The number of allylic oxidation sites excluding steroid dienone is 2. The number of phenolic OH excluding ortho intramolecular Hbond substituents is 2. The van der Waals surface area contributed by atoms with Crippen molar-refractivity contribution in [3.05, 3.63) is 28.8 Å². The van der Waals surface area contributed by atoms with Gasteiger partial charge in [-0.2, -0.15) is 0 Å². The van der Waals surface area contributed by atoms with Crippen LogP contribution in [0.4, 0.5) is 0 Å². The van der Waals surface area contributed by atoms with E-state index in [1.54, 1.807) is 20.8 Å². The SMILES string of the molecule is CC(C)=CCC[C@@]1(C)Oc2c(c(O)cc(O)c2C(=O)C(C)C)C[C@@H]1O. The van der Waals surface area contributed by atoms with E-state index in [9.17, 15) is 20.1 Å². The molecule has 2 rings (SSSR count). The fourth-order valence-corrected chi connectivity index (χ4v) is 3.08. The third-order valence-electron chi connectivity index (χ3n) is 4.74. The fraction of sp³-hybridized carbons (Fsp3) is 0.550. The van der Waals surface area contributed by atoms with Crippen molar-refractivity contribution in [2.75, 3.05) is 0 Å². The van der Waals surface area contributed by atoms with Crippen LogP contribution in [0.1, 0.15) is 63.4 Å². The van der Waals surface area contributed by atoms with Gasteiger partial charge in [0.05, 0.1) is 6.10 Å². The zero-order valence-electron chi connectivity index (χ0n) is 15.6. The van der Waals surface area contributed by atoms with Crippen molar-refractivity contribution in [2.45, 2.75) is 65.6 Å². The molecule has 1 aromatic carbocycles. The number of phenols is 2. The first-order chi connectivity index (χ1) is 11.6. The molecule has 25 heavy (non-hydrogen) atoms. The van der Waals surface area contributed by atoms with Gasteiger partial charge in [0, 0.05) is 24.0 Å². The molecule has 0 aliphatic carbocycles. The Labute approximate surface area is 149 Å². The summed E-state index contributed by atoms with van der Waals surface area (Å²) in [5, 5.41) is 30.9. The number of benzene rings is 1. The van der Waals surface area contributed by atoms with E-state index in [1.165, 1.54) is 5.57 Å². The number of carbonyl (C=O) groups is 1. The second kappa shape index (κ2) is 7.08. The summed E-state index contributed by atoms with van der Waals surface area (Å²) in [6.45, 7) is 9.29. The van der Waals surface area contributed by atoms with Gasteiger partial charge in [0.2, 0.25) is 0 Å². The van der Waals surface area contributed by atoms with Crippen LogP contribution in [-0.2, 0) is 6.42 Å². The highest BCUT2D eigenvalue weighted by molar-refractivity contribution is 6.03. The lowest BCUT2D eigenvalue weighted by Gasteiger charge is -2.41. The van der Waals surface area contributed by atoms with Gasteiger partial charge in [-0.05, 0) is 33.6 Å². The Bertz CT molecular complexity index is 701. The number of aromatic hydroxyl groups is 2. The van der Waals surface area contributed by atoms with Gasteiger partial charge >= 0.3 is 0 Å². The van der Waals surface area contributed by atoms with Gasteiger partial charge in [-0.1, -0.05) is 25.5 Å². The standard InChI is InChI=1S/C20H28O5/c1-11(2)7-6-8-20(5)16(23)9-13-14(21)10-15(22)17(19(13)25-20)18(24)12(3)4/h7,10,12,16,21-23H,6,8-9H2,1-5H3/t16-,20+/m0/s1. The van der Waals surface area contributed by atoms with Crippen molar-refractivity contribution in [2.24, 2.45) is 5.92 Å². The first kappa shape index (κ1) is 19.3. The molecule has 3 N–H and O–H groups in total. The number of hydrogen-bond acceptors (Lipinski definition) is 5. The van der Waals surface area contributed by atoms with E-state index >= 15 is 0 Å². The van der Waals surface area contributed by atoms with E-state index in [1.807, 2.05) is 13.8 Å². The van der Waals surface area contributed by atoms with Crippen LogP contribution in [0.2, 0.25) is 0 Å². The van der Waals surface area contributed by atoms with Crippen LogP contribution in [0.5, 0.6) is 17.2 Å². The molecule has 0 saturated heterocycles. The molecule has 0 unspecified atom stereocenters. The molecule has 0 aromatic heterocycles. The van der Waals surface area contributed by atoms with E-state index in [-0.39, 0.29) is 40.9 Å². The minimum absolute atomic E-state index is 0.0862. The first-order valence-electron chi connectivity index (χ1n) is 8.69. The molecular weight excluding hydrogens is 320 g/mol. The largest absolute Gasteiger partial charge is 0.507 e. The molecule has 1 heterocycles. The van der Waals surface area contributed by atoms with Gasteiger partial charge in [0.15, 0.2) is 5.78 Å². The van der Waals surface area contributed by atoms with Crippen molar-refractivity contribution in [1.29, 1.82) is 0 Å². The molecule has 0 amide bonds. The van der Waals surface area contributed by atoms with Crippen LogP contribution in [-0.4, -0.2) is 32.8 Å². The average molecular weight is 348 g/mol. The molecule has 2 atom stereocenters. The fourth-order valence-electron chi connectivity index (χ4n) is 3.08. The molecule has 0 radical (unpaired) electrons. The molecule has 1 aliphatic rings. The number of aliphatic hydroxyl groups is 1. The Balaban J connectivity index is 2.48. The summed E-state index contributed by atoms with van der Waals surface area (Å²) in [6.07, 6.45) is 2.71. The normalized spacial score (nSPS) is 22.3. The third kappa shape index (κ3) is 3.82. The van der Waals surface area contributed by atoms with Crippen molar-refractivity contribution in [1.82, 2.24) is 0 Å². The number of carbonyl (C=O) groups excluding carboxylic acids is 1. The van der Waals surface area contributed by atoms with Crippen LogP contribution < -0.4 is 4.74 Å². The van der Waals surface area contributed by atoms with Crippen molar-refractivity contribution < 1.29 is 24.9 Å². The van der Waals surface area contributed by atoms with Crippen LogP contribution in [0.25, 0.3) is 0 Å². The van der Waals surface area contributed by atoms with Crippen LogP contribution in [0.15, 0.2) is 17.7 Å². The monoisotopic (exact) mass is 348 g/mol. The van der Waals surface area contributed by atoms with Gasteiger partial charge in [-0.3, -0.25) is 4.79 Å². The van der Waals surface area contributed by atoms with Crippen molar-refractivity contribution in [3.8, 4) is 17.2 Å². The predicted molar refractivity (Wildman–Crippen MR) is 96.3 cm³/mol. The second-order valence-electron chi connectivity index (χ2n) is 7.57. The maximum Gasteiger partial charge on any atom is 0.172 e. The zero-order valence-corrected chi connectivity index (χ0v) is 15.6. The third-order valence-corrected chi connectivity index (χ3v) is 4.74. The lowest BCUT2D eigenvalue weighted by atomic mass is 9.83. The maximum absolute atomic E-state index is 12.6. The highest BCUT2D eigenvalue weighted by Crippen LogP contribution is 2.46. The quantitative estimate of drug-likeness (QED) is 0.557. The number of ether oxygens (including phenoxy) is 1. The first-order valence-corrected chi connectivity index (χ1v) is 8.69. The number of fused-ring (bicyclic) bond motifs is 1. The Morgan fingerprint density at radius 3 is 2.56 bits per heavy atom. The Hall–Kier alpha value is -2.01. The summed E-state index contributed by atoms with van der Waals surface area (Å²) in [5.74, 6) is -0.846. The maximum atomic E-state index is 12.6. The minimum Gasteiger partial charge on any atom is -0.507 e. The van der Waals surface area contributed by atoms with Gasteiger partial charge < -0.3 is 20.1 Å². The molecule has 5 nitrogen and oxygen atoms in total. The van der Waals surface area contributed by atoms with Crippen molar-refractivity contribution in [3.63, 3.8) is 0 Å². The lowest BCUT2D eigenvalue weighted by Crippen LogP contribution is -2.49. The highest BCUT2D eigenvalue weighted by atomic mass is 16.5. The van der Waals surface area contributed by atoms with Gasteiger partial charge in [-0.15, -0.1) is 0 Å². The predicted octanol–water partition coefficient (Wildman–Crippen LogP) is 3.74. The van der Waals surface area contributed by atoms with E-state index in [0.29, 0.717) is 12.0 Å². The van der Waals surface area contributed by atoms with Crippen LogP contribution in [0.3, 0.4) is 0 Å². The molecule has 1 aliphatic heterocycles. The number of aliphatic hydroxyl groups excluding tert-OH is 1. The van der Waals surface area contributed by atoms with Crippen LogP contribution in [0, 0.1) is 5.92 Å². The molecule has 138 valence electrons. The Kier molecular flexibility index (Phi) is 5.47. The van der Waals surface area contributed by atoms with E-state index in [2.05, 4.69) is 6.08 Å². The van der Waals surface area contributed by atoms with Gasteiger partial charge in [-0.25, -0.2) is 0 Å². The lowest BCUT2D eigenvalue weighted by molar-refractivity contribution is -0.0597. The molecular formula is C20H28O5. The summed E-state index contributed by atoms with van der Waals surface area (Å²) >= 11 is 0. The Morgan fingerprint density at radius 2 is 2.00 bits per heavy atom. The number of Topliss-reactive ketones (excluding diaryl/α,β-unsaturated/α-hetero) is 1. The molecule has 0 saturated carbocycles. The summed E-state index contributed by atoms with van der Waals surface area (Å²) in [5.41, 5.74) is 0.739.